The van der Waals surface area contributed by atoms with Crippen molar-refractivity contribution in [2.75, 3.05) is 13.1 Å². The third-order valence-corrected chi connectivity index (χ3v) is 4.57. The number of aryl methyl sites for hydroxylation is 1. The van der Waals surface area contributed by atoms with Crippen LogP contribution in [0.15, 0.2) is 4.79 Å². The number of aromatic nitrogens is 1. The van der Waals surface area contributed by atoms with Crippen molar-refractivity contribution in [3.05, 3.63) is 32.7 Å². The number of pyridine rings is 1. The van der Waals surface area contributed by atoms with Crippen molar-refractivity contribution >= 4 is 11.9 Å². The molecule has 25 heavy (non-hydrogen) atoms. The maximum absolute atomic E-state index is 12.2. The number of nitrogens with one attached hydrogen (secondary N) is 1. The highest BCUT2D eigenvalue weighted by Gasteiger charge is 2.26. The molecular weight excluding hydrogens is 322 g/mol. The molecule has 1 N–H and O–H groups in total. The number of carbonyl (C=O) groups is 2. The molecule has 7 heteroatoms. The predicted octanol–water partition coefficient (Wildman–Crippen LogP) is 1.35. The summed E-state index contributed by atoms with van der Waals surface area (Å²) in [6.45, 7) is 6.44. The number of hydrogen-bond acceptors (Lipinski definition) is 5. The van der Waals surface area contributed by atoms with Gasteiger partial charge in [0.2, 0.25) is 0 Å². The van der Waals surface area contributed by atoms with Crippen molar-refractivity contribution in [2.45, 2.75) is 52.6 Å². The number of ether oxygens (including phenoxy) is 1. The van der Waals surface area contributed by atoms with Crippen molar-refractivity contribution in [3.8, 4) is 6.07 Å². The Labute approximate surface area is 146 Å². The summed E-state index contributed by atoms with van der Waals surface area (Å²) in [6.07, 6.45) is 1.60. The Bertz CT molecular complexity index is 770. The third kappa shape index (κ3) is 4.27. The highest BCUT2D eigenvalue weighted by Crippen LogP contribution is 2.16. The zero-order valence-electron chi connectivity index (χ0n) is 14.8. The summed E-state index contributed by atoms with van der Waals surface area (Å²) in [5.74, 6) is -0.627. The van der Waals surface area contributed by atoms with Crippen LogP contribution in [0.3, 0.4) is 0 Å². The molecule has 1 aliphatic rings. The zero-order chi connectivity index (χ0) is 18.6. The zero-order valence-corrected chi connectivity index (χ0v) is 14.8. The van der Waals surface area contributed by atoms with E-state index >= 15 is 0 Å². The van der Waals surface area contributed by atoms with E-state index in [-0.39, 0.29) is 17.9 Å². The first-order valence-corrected chi connectivity index (χ1v) is 8.46. The lowest BCUT2D eigenvalue weighted by Gasteiger charge is -2.20. The molecule has 1 fully saturated rings. The second kappa shape index (κ2) is 7.97. The van der Waals surface area contributed by atoms with Crippen LogP contribution in [0, 0.1) is 25.2 Å². The van der Waals surface area contributed by atoms with Crippen LogP contribution in [0.25, 0.3) is 0 Å². The van der Waals surface area contributed by atoms with E-state index in [1.165, 1.54) is 0 Å². The summed E-state index contributed by atoms with van der Waals surface area (Å²) >= 11 is 0. The van der Waals surface area contributed by atoms with E-state index in [1.807, 2.05) is 6.07 Å². The van der Waals surface area contributed by atoms with Crippen LogP contribution in [-0.2, 0) is 20.7 Å². The number of rotatable bonds is 5. The molecule has 1 aromatic heterocycles. The van der Waals surface area contributed by atoms with Crippen LogP contribution < -0.4 is 5.56 Å². The van der Waals surface area contributed by atoms with Crippen LogP contribution in [0.4, 0.5) is 0 Å². The standard InChI is InChI=1S/C18H23N3O4/c1-11-14(12(2)20-17(23)15(11)10-19)6-7-16(22)25-13(3)18(24)21-8-4-5-9-21/h13H,4-9H2,1-3H3,(H,20,23)/t13-/m0/s1. The number of carbonyl (C=O) groups excluding carboxylic acids is 2. The summed E-state index contributed by atoms with van der Waals surface area (Å²) < 4.78 is 5.24. The van der Waals surface area contributed by atoms with Crippen molar-refractivity contribution in [3.63, 3.8) is 0 Å². The summed E-state index contributed by atoms with van der Waals surface area (Å²) in [4.78, 5) is 40.3. The SMILES string of the molecule is Cc1[nH]c(=O)c(C#N)c(C)c1CCC(=O)O[C@@H](C)C(=O)N1CCCC1. The smallest absolute Gasteiger partial charge is 0.306 e. The maximum Gasteiger partial charge on any atom is 0.306 e. The monoisotopic (exact) mass is 345 g/mol. The Hall–Kier alpha value is -2.62. The molecule has 0 unspecified atom stereocenters. The number of esters is 1. The van der Waals surface area contributed by atoms with Crippen LogP contribution in [0.1, 0.15) is 48.6 Å². The number of amides is 1. The molecule has 7 nitrogen and oxygen atoms in total. The Morgan fingerprint density at radius 1 is 1.32 bits per heavy atom. The number of aromatic amines is 1. The molecule has 1 aliphatic heterocycles. The molecule has 134 valence electrons. The van der Waals surface area contributed by atoms with Crippen LogP contribution in [0.2, 0.25) is 0 Å². The molecule has 1 aromatic rings. The van der Waals surface area contributed by atoms with Gasteiger partial charge in [-0.25, -0.2) is 0 Å². The molecule has 1 saturated heterocycles. The van der Waals surface area contributed by atoms with E-state index in [1.54, 1.807) is 25.7 Å². The average Bonchev–Trinajstić information content (AvgIpc) is 3.08. The highest BCUT2D eigenvalue weighted by atomic mass is 16.5. The number of hydrogen-bond donors (Lipinski definition) is 1. The van der Waals surface area contributed by atoms with Gasteiger partial charge in [0, 0.05) is 25.2 Å². The van der Waals surface area contributed by atoms with Gasteiger partial charge < -0.3 is 14.6 Å². The summed E-state index contributed by atoms with van der Waals surface area (Å²) in [5, 5.41) is 9.07. The molecule has 1 atom stereocenters. The van der Waals surface area contributed by atoms with E-state index in [4.69, 9.17) is 10.00 Å². The molecule has 0 bridgehead atoms. The van der Waals surface area contributed by atoms with E-state index in [2.05, 4.69) is 4.98 Å². The van der Waals surface area contributed by atoms with Crippen molar-refractivity contribution in [1.82, 2.24) is 9.88 Å². The first-order chi connectivity index (χ1) is 11.8. The van der Waals surface area contributed by atoms with Crippen molar-refractivity contribution in [2.24, 2.45) is 0 Å². The van der Waals surface area contributed by atoms with Gasteiger partial charge in [-0.05, 0) is 51.2 Å². The summed E-state index contributed by atoms with van der Waals surface area (Å²) in [5.41, 5.74) is 1.61. The molecule has 0 saturated carbocycles. The lowest BCUT2D eigenvalue weighted by molar-refractivity contribution is -0.158. The second-order valence-corrected chi connectivity index (χ2v) is 6.33. The first-order valence-electron chi connectivity index (χ1n) is 8.46. The minimum absolute atomic E-state index is 0.0616. The van der Waals surface area contributed by atoms with Gasteiger partial charge in [-0.1, -0.05) is 0 Å². The number of H-pyrrole nitrogens is 1. The number of likely N-dealkylation sites (tertiary alicyclic amines) is 1. The Balaban J connectivity index is 1.97. The molecule has 0 radical (unpaired) electrons. The normalized spacial score (nSPS) is 14.9. The van der Waals surface area contributed by atoms with Crippen LogP contribution in [-0.4, -0.2) is 41.0 Å². The number of nitriles is 1. The quantitative estimate of drug-likeness (QED) is 0.811. The van der Waals surface area contributed by atoms with Gasteiger partial charge in [0.05, 0.1) is 0 Å². The Morgan fingerprint density at radius 3 is 2.56 bits per heavy atom. The van der Waals surface area contributed by atoms with E-state index in [0.29, 0.717) is 30.8 Å². The van der Waals surface area contributed by atoms with E-state index in [0.717, 1.165) is 18.4 Å². The molecule has 0 aliphatic carbocycles. The molecule has 2 rings (SSSR count). The summed E-state index contributed by atoms with van der Waals surface area (Å²) in [7, 11) is 0. The fourth-order valence-corrected chi connectivity index (χ4v) is 3.15. The molecule has 0 spiro atoms. The van der Waals surface area contributed by atoms with Crippen molar-refractivity contribution in [1.29, 1.82) is 5.26 Å². The largest absolute Gasteiger partial charge is 0.453 e. The van der Waals surface area contributed by atoms with Crippen LogP contribution in [0.5, 0.6) is 0 Å². The van der Waals surface area contributed by atoms with Gasteiger partial charge >= 0.3 is 5.97 Å². The minimum atomic E-state index is -0.793. The van der Waals surface area contributed by atoms with Gasteiger partial charge in [-0.3, -0.25) is 14.4 Å². The first kappa shape index (κ1) is 18.7. The third-order valence-electron chi connectivity index (χ3n) is 4.57. The molecular formula is C18H23N3O4. The minimum Gasteiger partial charge on any atom is -0.453 e. The topological polar surface area (TPSA) is 103 Å². The summed E-state index contributed by atoms with van der Waals surface area (Å²) in [6, 6.07) is 1.89. The van der Waals surface area contributed by atoms with Gasteiger partial charge in [0.15, 0.2) is 6.10 Å². The lowest BCUT2D eigenvalue weighted by atomic mass is 9.99. The van der Waals surface area contributed by atoms with E-state index < -0.39 is 17.6 Å². The van der Waals surface area contributed by atoms with Gasteiger partial charge in [-0.15, -0.1) is 0 Å². The lowest BCUT2D eigenvalue weighted by Crippen LogP contribution is -2.38. The van der Waals surface area contributed by atoms with Crippen molar-refractivity contribution < 1.29 is 14.3 Å². The fourth-order valence-electron chi connectivity index (χ4n) is 3.15. The van der Waals surface area contributed by atoms with Gasteiger partial charge in [0.25, 0.3) is 11.5 Å². The second-order valence-electron chi connectivity index (χ2n) is 6.33. The molecule has 0 aromatic carbocycles. The number of nitrogens with zero attached hydrogens (tertiary/aromatic N) is 2. The maximum atomic E-state index is 12.2. The van der Waals surface area contributed by atoms with Gasteiger partial charge in [0.1, 0.15) is 11.6 Å². The highest BCUT2D eigenvalue weighted by molar-refractivity contribution is 5.83. The predicted molar refractivity (Wildman–Crippen MR) is 90.9 cm³/mol. The van der Waals surface area contributed by atoms with Crippen LogP contribution >= 0.6 is 0 Å². The fraction of sp³-hybridized carbons (Fsp3) is 0.556. The van der Waals surface area contributed by atoms with E-state index in [9.17, 15) is 14.4 Å². The molecule has 1 amide bonds. The van der Waals surface area contributed by atoms with Gasteiger partial charge in [-0.2, -0.15) is 5.26 Å². The Kier molecular flexibility index (Phi) is 5.97. The average molecular weight is 345 g/mol. The molecule has 2 heterocycles. The Morgan fingerprint density at radius 2 is 1.96 bits per heavy atom.